The summed E-state index contributed by atoms with van der Waals surface area (Å²) < 4.78 is 7.44. The van der Waals surface area contributed by atoms with Crippen LogP contribution < -0.4 is 10.1 Å². The molecule has 1 N–H and O–H groups in total. The quantitative estimate of drug-likeness (QED) is 0.763. The van der Waals surface area contributed by atoms with Gasteiger partial charge in [-0.2, -0.15) is 5.10 Å². The fourth-order valence-electron chi connectivity index (χ4n) is 2.07. The highest BCUT2D eigenvalue weighted by Crippen LogP contribution is 2.25. The number of ether oxygens (including phenoxy) is 1. The standard InChI is InChI=1S/C13H26N4O/c1-6-8-14-11(10-16(3)4)13-12(18-5)9-15-17(13)7-2/h9,11,14H,6-8,10H2,1-5H3. The van der Waals surface area contributed by atoms with Gasteiger partial charge in [0.15, 0.2) is 5.75 Å². The van der Waals surface area contributed by atoms with Crippen molar-refractivity contribution in [3.8, 4) is 5.75 Å². The summed E-state index contributed by atoms with van der Waals surface area (Å²) in [7, 11) is 5.87. The lowest BCUT2D eigenvalue weighted by molar-refractivity contribution is 0.319. The van der Waals surface area contributed by atoms with Crippen LogP contribution in [0, 0.1) is 0 Å². The Labute approximate surface area is 110 Å². The molecule has 0 aliphatic carbocycles. The van der Waals surface area contributed by atoms with Crippen molar-refractivity contribution in [1.29, 1.82) is 0 Å². The van der Waals surface area contributed by atoms with Gasteiger partial charge in [0.1, 0.15) is 0 Å². The fraction of sp³-hybridized carbons (Fsp3) is 0.769. The van der Waals surface area contributed by atoms with Crippen LogP contribution in [0.4, 0.5) is 0 Å². The number of nitrogens with one attached hydrogen (secondary N) is 1. The number of rotatable bonds is 8. The molecule has 1 heterocycles. The first kappa shape index (κ1) is 15.0. The van der Waals surface area contributed by atoms with E-state index in [-0.39, 0.29) is 6.04 Å². The zero-order valence-corrected chi connectivity index (χ0v) is 12.2. The highest BCUT2D eigenvalue weighted by Gasteiger charge is 2.21. The van der Waals surface area contributed by atoms with Crippen molar-refractivity contribution in [2.75, 3.05) is 34.3 Å². The molecule has 1 atom stereocenters. The molecule has 0 spiro atoms. The predicted molar refractivity (Wildman–Crippen MR) is 74.0 cm³/mol. The molecular formula is C13H26N4O. The minimum atomic E-state index is 0.248. The third kappa shape index (κ3) is 3.71. The van der Waals surface area contributed by atoms with Crippen LogP contribution in [0.2, 0.25) is 0 Å². The van der Waals surface area contributed by atoms with Gasteiger partial charge in [-0.15, -0.1) is 0 Å². The third-order valence-corrected chi connectivity index (χ3v) is 2.88. The van der Waals surface area contributed by atoms with Crippen molar-refractivity contribution in [3.63, 3.8) is 0 Å². The minimum absolute atomic E-state index is 0.248. The summed E-state index contributed by atoms with van der Waals surface area (Å²) >= 11 is 0. The van der Waals surface area contributed by atoms with Gasteiger partial charge in [-0.1, -0.05) is 6.92 Å². The number of hydrogen-bond donors (Lipinski definition) is 1. The second-order valence-corrected chi connectivity index (χ2v) is 4.68. The lowest BCUT2D eigenvalue weighted by atomic mass is 10.1. The van der Waals surface area contributed by atoms with E-state index in [0.29, 0.717) is 0 Å². The van der Waals surface area contributed by atoms with Crippen molar-refractivity contribution >= 4 is 0 Å². The number of nitrogens with zero attached hydrogens (tertiary/aromatic N) is 3. The smallest absolute Gasteiger partial charge is 0.161 e. The minimum Gasteiger partial charge on any atom is -0.493 e. The topological polar surface area (TPSA) is 42.3 Å². The van der Waals surface area contributed by atoms with Gasteiger partial charge in [-0.3, -0.25) is 4.68 Å². The van der Waals surface area contributed by atoms with E-state index in [0.717, 1.165) is 37.5 Å². The van der Waals surface area contributed by atoms with Crippen LogP contribution >= 0.6 is 0 Å². The van der Waals surface area contributed by atoms with Crippen LogP contribution in [-0.4, -0.2) is 49.0 Å². The zero-order chi connectivity index (χ0) is 13.5. The van der Waals surface area contributed by atoms with Gasteiger partial charge in [0.05, 0.1) is 25.0 Å². The molecule has 18 heavy (non-hydrogen) atoms. The van der Waals surface area contributed by atoms with Crippen molar-refractivity contribution in [2.45, 2.75) is 32.9 Å². The molecule has 5 heteroatoms. The van der Waals surface area contributed by atoms with Crippen molar-refractivity contribution < 1.29 is 4.74 Å². The predicted octanol–water partition coefficient (Wildman–Crippen LogP) is 1.51. The average molecular weight is 254 g/mol. The molecule has 5 nitrogen and oxygen atoms in total. The van der Waals surface area contributed by atoms with E-state index < -0.39 is 0 Å². The normalized spacial score (nSPS) is 13.0. The highest BCUT2D eigenvalue weighted by atomic mass is 16.5. The molecular weight excluding hydrogens is 228 g/mol. The van der Waals surface area contributed by atoms with E-state index in [4.69, 9.17) is 4.74 Å². The van der Waals surface area contributed by atoms with Gasteiger partial charge in [-0.05, 0) is 34.0 Å². The molecule has 0 aliphatic heterocycles. The SMILES string of the molecule is CCCNC(CN(C)C)c1c(OC)cnn1CC. The lowest BCUT2D eigenvalue weighted by Gasteiger charge is -2.24. The Bertz CT molecular complexity index is 327. The Morgan fingerprint density at radius 1 is 1.44 bits per heavy atom. The van der Waals surface area contributed by atoms with Crippen LogP contribution in [0.25, 0.3) is 0 Å². The number of methoxy groups -OCH3 is 1. The first-order valence-electron chi connectivity index (χ1n) is 6.61. The van der Waals surface area contributed by atoms with E-state index in [2.05, 4.69) is 43.3 Å². The van der Waals surface area contributed by atoms with Crippen LogP contribution in [0.1, 0.15) is 32.0 Å². The average Bonchev–Trinajstić information content (AvgIpc) is 2.76. The van der Waals surface area contributed by atoms with Gasteiger partial charge >= 0.3 is 0 Å². The van der Waals surface area contributed by atoms with Crippen LogP contribution in [0.5, 0.6) is 5.75 Å². The number of likely N-dealkylation sites (N-methyl/N-ethyl adjacent to an activating group) is 1. The van der Waals surface area contributed by atoms with E-state index in [9.17, 15) is 0 Å². The van der Waals surface area contributed by atoms with E-state index in [1.54, 1.807) is 13.3 Å². The van der Waals surface area contributed by atoms with Crippen LogP contribution in [0.15, 0.2) is 6.20 Å². The molecule has 0 aromatic carbocycles. The van der Waals surface area contributed by atoms with E-state index >= 15 is 0 Å². The second-order valence-electron chi connectivity index (χ2n) is 4.68. The van der Waals surface area contributed by atoms with E-state index in [1.807, 2.05) is 4.68 Å². The van der Waals surface area contributed by atoms with Crippen molar-refractivity contribution in [1.82, 2.24) is 20.0 Å². The van der Waals surface area contributed by atoms with Gasteiger partial charge in [0.25, 0.3) is 0 Å². The summed E-state index contributed by atoms with van der Waals surface area (Å²) in [5.74, 6) is 0.868. The fourth-order valence-corrected chi connectivity index (χ4v) is 2.07. The molecule has 0 radical (unpaired) electrons. The summed E-state index contributed by atoms with van der Waals surface area (Å²) in [6.07, 6.45) is 2.92. The summed E-state index contributed by atoms with van der Waals surface area (Å²) in [6.45, 7) is 7.06. The molecule has 1 rings (SSSR count). The first-order valence-corrected chi connectivity index (χ1v) is 6.61. The Balaban J connectivity index is 2.97. The molecule has 0 saturated heterocycles. The lowest BCUT2D eigenvalue weighted by Crippen LogP contribution is -2.33. The molecule has 0 saturated carbocycles. The Hall–Kier alpha value is -1.07. The van der Waals surface area contributed by atoms with Crippen molar-refractivity contribution in [3.05, 3.63) is 11.9 Å². The summed E-state index contributed by atoms with van der Waals surface area (Å²) in [6, 6.07) is 0.248. The van der Waals surface area contributed by atoms with Gasteiger partial charge in [0.2, 0.25) is 0 Å². The molecule has 0 bridgehead atoms. The Kier molecular flexibility index (Phi) is 6.15. The number of hydrogen-bond acceptors (Lipinski definition) is 4. The monoisotopic (exact) mass is 254 g/mol. The molecule has 1 aromatic heterocycles. The summed E-state index contributed by atoms with van der Waals surface area (Å²) in [5.41, 5.74) is 1.14. The largest absolute Gasteiger partial charge is 0.493 e. The number of aryl methyl sites for hydroxylation is 1. The first-order chi connectivity index (χ1) is 8.63. The molecule has 0 aliphatic rings. The third-order valence-electron chi connectivity index (χ3n) is 2.88. The van der Waals surface area contributed by atoms with Crippen molar-refractivity contribution in [2.24, 2.45) is 0 Å². The van der Waals surface area contributed by atoms with Gasteiger partial charge < -0.3 is 15.0 Å². The van der Waals surface area contributed by atoms with Crippen LogP contribution in [0.3, 0.4) is 0 Å². The van der Waals surface area contributed by atoms with Crippen LogP contribution in [-0.2, 0) is 6.54 Å². The van der Waals surface area contributed by atoms with E-state index in [1.165, 1.54) is 0 Å². The maximum atomic E-state index is 5.43. The second kappa shape index (κ2) is 7.38. The van der Waals surface area contributed by atoms with Gasteiger partial charge in [-0.25, -0.2) is 0 Å². The summed E-state index contributed by atoms with van der Waals surface area (Å²) in [5, 5.41) is 7.94. The Morgan fingerprint density at radius 3 is 2.67 bits per heavy atom. The molecule has 1 unspecified atom stereocenters. The highest BCUT2D eigenvalue weighted by molar-refractivity contribution is 5.28. The summed E-state index contributed by atoms with van der Waals surface area (Å²) in [4.78, 5) is 2.18. The maximum absolute atomic E-state index is 5.43. The molecule has 1 aromatic rings. The number of aromatic nitrogens is 2. The van der Waals surface area contributed by atoms with Gasteiger partial charge in [0, 0.05) is 13.1 Å². The zero-order valence-electron chi connectivity index (χ0n) is 12.2. The maximum Gasteiger partial charge on any atom is 0.161 e. The molecule has 104 valence electrons. The molecule has 0 fully saturated rings. The molecule has 0 amide bonds. The Morgan fingerprint density at radius 2 is 2.17 bits per heavy atom.